The van der Waals surface area contributed by atoms with Gasteiger partial charge in [0.1, 0.15) is 6.10 Å². The van der Waals surface area contributed by atoms with Gasteiger partial charge < -0.3 is 4.74 Å². The predicted molar refractivity (Wildman–Crippen MR) is 179 cm³/mol. The van der Waals surface area contributed by atoms with Crippen LogP contribution in [0.3, 0.4) is 0 Å². The first-order valence-electron chi connectivity index (χ1n) is 13.9. The molecule has 36 heavy (non-hydrogen) atoms. The number of halogens is 6. The number of ether oxygens (including phenoxy) is 1. The molecular formula is C28H48Br6O2. The Hall–Kier alpha value is 2.35. The van der Waals surface area contributed by atoms with Gasteiger partial charge in [-0.05, 0) is 74.5 Å². The summed E-state index contributed by atoms with van der Waals surface area (Å²) in [5.41, 5.74) is 0. The number of rotatable bonds is 16. The van der Waals surface area contributed by atoms with E-state index in [1.54, 1.807) is 0 Å². The number of esters is 1. The molecule has 0 radical (unpaired) electrons. The van der Waals surface area contributed by atoms with Crippen molar-refractivity contribution in [1.29, 1.82) is 0 Å². The summed E-state index contributed by atoms with van der Waals surface area (Å²) in [4.78, 5) is 12.6. The molecule has 3 fully saturated rings. The summed E-state index contributed by atoms with van der Waals surface area (Å²) in [6.45, 7) is 6.20. The van der Waals surface area contributed by atoms with E-state index in [-0.39, 0.29) is 12.1 Å². The molecule has 3 aliphatic carbocycles. The summed E-state index contributed by atoms with van der Waals surface area (Å²) in [6, 6.07) is 0. The molecule has 0 aromatic rings. The SMILES string of the molecule is CC(=O)O[C@@H]1C[C@H]1CCCC(Br)CBr.C[C@@H]1C[C@H]1CCCC(Br)CBr.C[C@@H]1C[C@H]1CCCC(Br)CBr. The molecule has 3 rings (SSSR count). The van der Waals surface area contributed by atoms with Crippen molar-refractivity contribution in [2.75, 3.05) is 16.0 Å². The first kappa shape index (κ1) is 36.4. The van der Waals surface area contributed by atoms with Crippen LogP contribution < -0.4 is 0 Å². The average molecular weight is 896 g/mol. The van der Waals surface area contributed by atoms with Gasteiger partial charge in [0.15, 0.2) is 0 Å². The van der Waals surface area contributed by atoms with E-state index in [0.717, 1.165) is 46.1 Å². The molecule has 0 aromatic heterocycles. The normalized spacial score (nSPS) is 30.0. The fourth-order valence-corrected chi connectivity index (χ4v) is 6.46. The van der Waals surface area contributed by atoms with E-state index in [1.165, 1.54) is 77.6 Å². The number of carbonyl (C=O) groups excluding carboxylic acids is 1. The van der Waals surface area contributed by atoms with E-state index in [1.807, 2.05) is 0 Å². The van der Waals surface area contributed by atoms with Crippen molar-refractivity contribution in [3.63, 3.8) is 0 Å². The largest absolute Gasteiger partial charge is 0.462 e. The van der Waals surface area contributed by atoms with Gasteiger partial charge in [0, 0.05) is 37.4 Å². The molecule has 8 heteroatoms. The molecule has 0 heterocycles. The predicted octanol–water partition coefficient (Wildman–Crippen LogP) is 11.2. The minimum absolute atomic E-state index is 0.142. The zero-order valence-corrected chi connectivity index (χ0v) is 31.9. The van der Waals surface area contributed by atoms with Crippen LogP contribution in [0.15, 0.2) is 0 Å². The van der Waals surface area contributed by atoms with Crippen molar-refractivity contribution < 1.29 is 9.53 Å². The highest BCUT2D eigenvalue weighted by Crippen LogP contribution is 2.42. The Balaban J connectivity index is 0.000000273. The van der Waals surface area contributed by atoms with Crippen molar-refractivity contribution in [2.45, 2.75) is 118 Å². The highest BCUT2D eigenvalue weighted by Gasteiger charge is 2.39. The van der Waals surface area contributed by atoms with Gasteiger partial charge in [-0.25, -0.2) is 0 Å². The summed E-state index contributed by atoms with van der Waals surface area (Å²) < 4.78 is 5.10. The second-order valence-electron chi connectivity index (χ2n) is 11.1. The highest BCUT2D eigenvalue weighted by atomic mass is 79.9. The number of hydrogen-bond acceptors (Lipinski definition) is 2. The van der Waals surface area contributed by atoms with Gasteiger partial charge in [0.05, 0.1) is 0 Å². The first-order valence-corrected chi connectivity index (χ1v) is 20.0. The van der Waals surface area contributed by atoms with Crippen molar-refractivity contribution in [3.8, 4) is 0 Å². The molecule has 3 aliphatic rings. The van der Waals surface area contributed by atoms with Crippen LogP contribution in [0, 0.1) is 29.6 Å². The molecule has 3 saturated carbocycles. The van der Waals surface area contributed by atoms with E-state index in [9.17, 15) is 4.79 Å². The van der Waals surface area contributed by atoms with Crippen LogP contribution in [-0.2, 0) is 9.53 Å². The Bertz CT molecular complexity index is 544. The van der Waals surface area contributed by atoms with Gasteiger partial charge in [-0.2, -0.15) is 0 Å². The Kier molecular flexibility index (Phi) is 21.3. The molecule has 0 spiro atoms. The highest BCUT2D eigenvalue weighted by molar-refractivity contribution is 9.12. The molecule has 0 saturated heterocycles. The van der Waals surface area contributed by atoms with Crippen LogP contribution in [0.4, 0.5) is 0 Å². The van der Waals surface area contributed by atoms with E-state index in [0.29, 0.717) is 20.4 Å². The maximum Gasteiger partial charge on any atom is 0.302 e. The number of hydrogen-bond donors (Lipinski definition) is 0. The Morgan fingerprint density at radius 1 is 0.694 bits per heavy atom. The van der Waals surface area contributed by atoms with Gasteiger partial charge in [-0.3, -0.25) is 4.79 Å². The molecule has 0 N–H and O–H groups in total. The lowest BCUT2D eigenvalue weighted by Gasteiger charge is -2.04. The van der Waals surface area contributed by atoms with Crippen molar-refractivity contribution in [2.24, 2.45) is 29.6 Å². The fraction of sp³-hybridized carbons (Fsp3) is 0.964. The second kappa shape index (κ2) is 21.1. The topological polar surface area (TPSA) is 26.3 Å². The van der Waals surface area contributed by atoms with Crippen LogP contribution in [0.1, 0.15) is 97.8 Å². The Labute approximate surface area is 272 Å². The first-order chi connectivity index (χ1) is 17.1. The smallest absolute Gasteiger partial charge is 0.302 e. The van der Waals surface area contributed by atoms with Gasteiger partial charge >= 0.3 is 5.97 Å². The Morgan fingerprint density at radius 2 is 1.03 bits per heavy atom. The number of carbonyl (C=O) groups is 1. The van der Waals surface area contributed by atoms with Crippen molar-refractivity contribution in [1.82, 2.24) is 0 Å². The molecule has 0 aromatic carbocycles. The standard InChI is InChI=1S/C10H16Br2O2.2C9H16Br2/c1-7(13)14-10-5-8(10)3-2-4-9(12)6-11;2*1-7-5-8(7)3-2-4-9(11)6-10/h8-10H,2-6H2,1H3;2*7-9H,2-6H2,1H3/t8-,9?,10-;2*7-,8-,9?/m111/s1. The van der Waals surface area contributed by atoms with Gasteiger partial charge in [-0.1, -0.05) is 142 Å². The van der Waals surface area contributed by atoms with E-state index < -0.39 is 0 Å². The summed E-state index contributed by atoms with van der Waals surface area (Å²) in [5.74, 6) is 4.71. The fourth-order valence-electron chi connectivity index (χ4n) is 4.52. The molecule has 0 amide bonds. The maximum atomic E-state index is 10.6. The molecule has 9 atom stereocenters. The van der Waals surface area contributed by atoms with E-state index in [4.69, 9.17) is 4.74 Å². The van der Waals surface area contributed by atoms with Crippen LogP contribution in [0.25, 0.3) is 0 Å². The average Bonchev–Trinajstić information content (AvgIpc) is 3.79. The van der Waals surface area contributed by atoms with Gasteiger partial charge in [-0.15, -0.1) is 0 Å². The molecule has 0 aliphatic heterocycles. The monoisotopic (exact) mass is 890 g/mol. The van der Waals surface area contributed by atoms with Crippen LogP contribution >= 0.6 is 95.6 Å². The number of alkyl halides is 6. The van der Waals surface area contributed by atoms with E-state index >= 15 is 0 Å². The lowest BCUT2D eigenvalue weighted by Crippen LogP contribution is -2.03. The molecule has 0 bridgehead atoms. The van der Waals surface area contributed by atoms with Crippen molar-refractivity contribution in [3.05, 3.63) is 0 Å². The summed E-state index contributed by atoms with van der Waals surface area (Å²) in [7, 11) is 0. The summed E-state index contributed by atoms with van der Waals surface area (Å²) in [5, 5.41) is 3.19. The van der Waals surface area contributed by atoms with Crippen molar-refractivity contribution >= 4 is 102 Å². The Morgan fingerprint density at radius 3 is 1.31 bits per heavy atom. The van der Waals surface area contributed by atoms with Gasteiger partial charge in [0.2, 0.25) is 0 Å². The molecule has 3 unspecified atom stereocenters. The minimum atomic E-state index is -0.142. The van der Waals surface area contributed by atoms with Crippen LogP contribution in [0.2, 0.25) is 0 Å². The van der Waals surface area contributed by atoms with E-state index in [2.05, 4.69) is 109 Å². The van der Waals surface area contributed by atoms with Crippen LogP contribution in [-0.4, -0.2) is 42.5 Å². The minimum Gasteiger partial charge on any atom is -0.462 e. The zero-order valence-electron chi connectivity index (χ0n) is 22.4. The molecule has 2 nitrogen and oxygen atoms in total. The lowest BCUT2D eigenvalue weighted by atomic mass is 10.1. The zero-order chi connectivity index (χ0) is 27.1. The third-order valence-corrected chi connectivity index (χ3v) is 14.8. The van der Waals surface area contributed by atoms with Gasteiger partial charge in [0.25, 0.3) is 0 Å². The summed E-state index contributed by atoms with van der Waals surface area (Å²) >= 11 is 21.2. The maximum absolute atomic E-state index is 10.6. The molecular weight excluding hydrogens is 848 g/mol. The second-order valence-corrected chi connectivity index (χ2v) is 17.0. The van der Waals surface area contributed by atoms with Crippen LogP contribution in [0.5, 0.6) is 0 Å². The lowest BCUT2D eigenvalue weighted by molar-refractivity contribution is -0.142. The summed E-state index contributed by atoms with van der Waals surface area (Å²) in [6.07, 6.45) is 16.2. The third kappa shape index (κ3) is 19.4. The molecule has 214 valence electrons. The third-order valence-electron chi connectivity index (χ3n) is 7.51. The quantitative estimate of drug-likeness (QED) is 0.114.